The molecule has 27 heavy (non-hydrogen) atoms. The molecule has 0 N–H and O–H groups in total. The molecule has 2 aromatic heterocycles. The van der Waals surface area contributed by atoms with Crippen molar-refractivity contribution in [2.24, 2.45) is 0 Å². The SMILES string of the molecule is CN(C)[P+](On1nnc2cccnc21)(N(C)C)N(C)C.FP(F)(F)(F)F.[F-]. The van der Waals surface area contributed by atoms with Crippen LogP contribution in [0.15, 0.2) is 18.3 Å². The van der Waals surface area contributed by atoms with E-state index in [4.69, 9.17) is 4.62 Å². The fourth-order valence-electron chi connectivity index (χ4n) is 2.20. The van der Waals surface area contributed by atoms with Gasteiger partial charge in [-0.05, 0) is 22.2 Å². The molecule has 0 saturated carbocycles. The molecule has 0 aliphatic rings. The number of hydrogen-bond acceptors (Lipinski definition) is 7. The van der Waals surface area contributed by atoms with Gasteiger partial charge in [0.15, 0.2) is 0 Å². The van der Waals surface area contributed by atoms with Gasteiger partial charge in [-0.2, -0.15) is 4.62 Å². The molecule has 0 aliphatic carbocycles. The Bertz CT molecular complexity index is 698. The van der Waals surface area contributed by atoms with Crippen LogP contribution in [-0.4, -0.2) is 76.4 Å². The Balaban J connectivity index is 0.000000842. The molecule has 0 fully saturated rings. The summed E-state index contributed by atoms with van der Waals surface area (Å²) in [4.78, 5) is 5.68. The van der Waals surface area contributed by atoms with Crippen molar-refractivity contribution in [2.45, 2.75) is 0 Å². The van der Waals surface area contributed by atoms with E-state index in [0.717, 1.165) is 0 Å². The standard InChI is InChI=1S/C11H21N7OP.F5P.FH/c1-15(2)20(16(3)4,17(5)6)19-18-11-10(13-14-18)8-7-9-12-11;1-6(2,3,4)5;/h7-9H,1-6H3;;1H/q+1;;/p-1. The van der Waals surface area contributed by atoms with E-state index in [1.165, 1.54) is 4.85 Å². The Morgan fingerprint density at radius 2 is 1.41 bits per heavy atom. The van der Waals surface area contributed by atoms with Crippen molar-refractivity contribution < 1.29 is 30.3 Å². The molecule has 0 saturated heterocycles. The maximum atomic E-state index is 9.84. The van der Waals surface area contributed by atoms with Gasteiger partial charge in [0.05, 0.1) is 0 Å². The average molecular weight is 443 g/mol. The minimum atomic E-state index is -8.55. The third-order valence-corrected chi connectivity index (χ3v) is 6.43. The fraction of sp³-hybridized carbons (Fsp3) is 0.545. The van der Waals surface area contributed by atoms with E-state index in [-0.39, 0.29) is 4.70 Å². The molecule has 158 valence electrons. The van der Waals surface area contributed by atoms with Gasteiger partial charge in [-0.1, -0.05) is 0 Å². The smallest absolute Gasteiger partial charge is 1.00 e. The zero-order valence-electron chi connectivity index (χ0n) is 15.4. The second-order valence-corrected chi connectivity index (χ2v) is 10.5. The maximum absolute atomic E-state index is 9.84. The molecular formula is C11H21F6N7OP2. The molecule has 8 nitrogen and oxygen atoms in total. The summed E-state index contributed by atoms with van der Waals surface area (Å²) < 4.78 is 61.6. The van der Waals surface area contributed by atoms with Crippen molar-refractivity contribution in [3.63, 3.8) is 0 Å². The average Bonchev–Trinajstić information content (AvgIpc) is 2.83. The molecule has 2 aromatic rings. The molecule has 0 aromatic carbocycles. The molecule has 0 aliphatic heterocycles. The normalized spacial score (nSPS) is 13.8. The summed E-state index contributed by atoms with van der Waals surface area (Å²) in [6, 6.07) is 3.68. The van der Waals surface area contributed by atoms with Crippen molar-refractivity contribution in [2.75, 3.05) is 42.3 Å². The minimum absolute atomic E-state index is 0. The Hall–Kier alpha value is -1.33. The van der Waals surface area contributed by atoms with Gasteiger partial charge in [0.2, 0.25) is 5.65 Å². The van der Waals surface area contributed by atoms with Crippen molar-refractivity contribution >= 4 is 27.3 Å². The number of fused-ring (bicyclic) bond motifs is 1. The first-order valence-electron chi connectivity index (χ1n) is 7.03. The first-order chi connectivity index (χ1) is 11.6. The van der Waals surface area contributed by atoms with Crippen LogP contribution in [0, 0.1) is 0 Å². The predicted octanol–water partition coefficient (Wildman–Crippen LogP) is 0.583. The minimum Gasteiger partial charge on any atom is -1.00 e. The molecule has 0 atom stereocenters. The van der Waals surface area contributed by atoms with E-state index >= 15 is 0 Å². The van der Waals surface area contributed by atoms with Crippen LogP contribution in [0.2, 0.25) is 0 Å². The van der Waals surface area contributed by atoms with Crippen LogP contribution in [0.1, 0.15) is 0 Å². The summed E-state index contributed by atoms with van der Waals surface area (Å²) in [5.41, 5.74) is 1.32. The molecule has 0 spiro atoms. The van der Waals surface area contributed by atoms with E-state index < -0.39 is 16.1 Å². The van der Waals surface area contributed by atoms with Crippen LogP contribution in [0.5, 0.6) is 0 Å². The van der Waals surface area contributed by atoms with Crippen molar-refractivity contribution in [1.82, 2.24) is 34.2 Å². The number of nitrogens with zero attached hydrogens (tertiary/aromatic N) is 7. The zero-order valence-corrected chi connectivity index (χ0v) is 17.2. The second kappa shape index (κ2) is 8.78. The Morgan fingerprint density at radius 1 is 0.963 bits per heavy atom. The van der Waals surface area contributed by atoms with Gasteiger partial charge >= 0.3 is 37.1 Å². The van der Waals surface area contributed by atoms with Crippen LogP contribution in [-0.2, 0) is 0 Å². The number of halogens is 6. The van der Waals surface area contributed by atoms with Crippen molar-refractivity contribution in [3.05, 3.63) is 18.3 Å². The molecule has 0 radical (unpaired) electrons. The van der Waals surface area contributed by atoms with Gasteiger partial charge in [-0.25, -0.2) is 4.98 Å². The van der Waals surface area contributed by atoms with Gasteiger partial charge in [0.25, 0.3) is 0 Å². The van der Waals surface area contributed by atoms with E-state index in [1.807, 2.05) is 54.4 Å². The van der Waals surface area contributed by atoms with Gasteiger partial charge in [-0.15, -0.1) is 19.1 Å². The topological polar surface area (TPSA) is 62.6 Å². The summed E-state index contributed by atoms with van der Waals surface area (Å²) in [6.45, 7) is 0. The Labute approximate surface area is 153 Å². The van der Waals surface area contributed by atoms with Gasteiger partial charge in [0, 0.05) is 48.5 Å². The van der Waals surface area contributed by atoms with Crippen LogP contribution >= 0.6 is 16.1 Å². The van der Waals surface area contributed by atoms with E-state index in [0.29, 0.717) is 11.2 Å². The van der Waals surface area contributed by atoms with Crippen LogP contribution in [0.25, 0.3) is 11.2 Å². The summed E-state index contributed by atoms with van der Waals surface area (Å²) in [5.74, 6) is 0. The van der Waals surface area contributed by atoms with Crippen molar-refractivity contribution in [3.8, 4) is 0 Å². The number of rotatable bonds is 5. The van der Waals surface area contributed by atoms with Crippen LogP contribution in [0.3, 0.4) is 0 Å². The predicted molar refractivity (Wildman–Crippen MR) is 92.3 cm³/mol. The maximum Gasteiger partial charge on any atom is -1.00 e. The third kappa shape index (κ3) is 7.30. The number of pyridine rings is 1. The van der Waals surface area contributed by atoms with E-state index in [2.05, 4.69) is 29.3 Å². The molecule has 16 heteroatoms. The number of hydrogen-bond donors (Lipinski definition) is 0. The van der Waals surface area contributed by atoms with Crippen LogP contribution in [0.4, 0.5) is 21.0 Å². The monoisotopic (exact) mass is 443 g/mol. The second-order valence-electron chi connectivity index (χ2n) is 5.58. The molecule has 2 rings (SSSR count). The zero-order chi connectivity index (χ0) is 20.4. The summed E-state index contributed by atoms with van der Waals surface area (Å²) in [5, 5.41) is 8.13. The van der Waals surface area contributed by atoms with Crippen LogP contribution < -0.4 is 9.33 Å². The fourth-order valence-corrected chi connectivity index (χ4v) is 5.10. The summed E-state index contributed by atoms with van der Waals surface area (Å²) in [6.07, 6.45) is 1.70. The van der Waals surface area contributed by atoms with Crippen molar-refractivity contribution in [1.29, 1.82) is 0 Å². The van der Waals surface area contributed by atoms with E-state index in [9.17, 15) is 21.0 Å². The van der Waals surface area contributed by atoms with Gasteiger partial charge < -0.3 is 4.70 Å². The molecule has 0 unspecified atom stereocenters. The molecule has 0 bridgehead atoms. The first kappa shape index (κ1) is 25.7. The largest absolute Gasteiger partial charge is 1.00 e. The Kier molecular flexibility index (Phi) is 8.35. The van der Waals surface area contributed by atoms with Gasteiger partial charge in [-0.3, -0.25) is 0 Å². The van der Waals surface area contributed by atoms with E-state index in [1.54, 1.807) is 6.20 Å². The Morgan fingerprint density at radius 3 is 1.81 bits per heavy atom. The summed E-state index contributed by atoms with van der Waals surface area (Å²) in [7, 11) is 1.18. The molecular weight excluding hydrogens is 422 g/mol. The quantitative estimate of drug-likeness (QED) is 0.495. The molecule has 0 amide bonds. The first-order valence-corrected chi connectivity index (χ1v) is 10.3. The van der Waals surface area contributed by atoms with Gasteiger partial charge in [0.1, 0.15) is 5.52 Å². The summed E-state index contributed by atoms with van der Waals surface area (Å²) >= 11 is 0. The molecule has 2 heterocycles. The number of aromatic nitrogens is 4. The third-order valence-electron chi connectivity index (χ3n) is 2.93.